The van der Waals surface area contributed by atoms with Crippen LogP contribution in [-0.2, 0) is 27.5 Å². The SMILES string of the molecule is C[N+]1(CC2=C(C(=O)O)N3C(=O)[C@@H](NC(=O)/C(=N\O)c4csc(N)n4)[C@@H]3SC2)Cc2ccsc2C1. The van der Waals surface area contributed by atoms with Crippen LogP contribution in [0.15, 0.2) is 33.3 Å². The summed E-state index contributed by atoms with van der Waals surface area (Å²) in [6, 6.07) is 1.17. The number of anilines is 1. The van der Waals surface area contributed by atoms with E-state index in [9.17, 15) is 24.7 Å². The predicted molar refractivity (Wildman–Crippen MR) is 127 cm³/mol. The summed E-state index contributed by atoms with van der Waals surface area (Å²) in [6.45, 7) is 2.17. The second-order valence-corrected chi connectivity index (χ2v) is 11.6. The third kappa shape index (κ3) is 3.76. The third-order valence-corrected chi connectivity index (χ3v) is 9.07. The number of carboxylic acid groups (broad SMARTS) is 1. The van der Waals surface area contributed by atoms with Crippen molar-refractivity contribution in [3.8, 4) is 0 Å². The number of nitrogen functional groups attached to an aromatic ring is 1. The molecule has 5 N–H and O–H groups in total. The van der Waals surface area contributed by atoms with E-state index >= 15 is 0 Å². The number of amides is 2. The van der Waals surface area contributed by atoms with Crippen molar-refractivity contribution >= 4 is 63.1 Å². The second-order valence-electron chi connectivity index (χ2n) is 8.60. The van der Waals surface area contributed by atoms with Crippen LogP contribution in [0.5, 0.6) is 0 Å². The van der Waals surface area contributed by atoms with Gasteiger partial charge in [0.05, 0.1) is 11.9 Å². The summed E-state index contributed by atoms with van der Waals surface area (Å²) < 4.78 is 0.661. The number of carboxylic acids is 1. The lowest BCUT2D eigenvalue weighted by Gasteiger charge is -2.49. The molecule has 2 aromatic heterocycles. The number of nitrogens with one attached hydrogen (secondary N) is 1. The van der Waals surface area contributed by atoms with Crippen LogP contribution in [0.25, 0.3) is 0 Å². The van der Waals surface area contributed by atoms with Gasteiger partial charge in [-0.1, -0.05) is 5.16 Å². The molecule has 34 heavy (non-hydrogen) atoms. The van der Waals surface area contributed by atoms with Crippen molar-refractivity contribution in [2.45, 2.75) is 24.5 Å². The molecule has 1 saturated heterocycles. The number of carbonyl (C=O) groups is 3. The van der Waals surface area contributed by atoms with Crippen molar-refractivity contribution in [2.75, 3.05) is 25.1 Å². The number of thiophene rings is 1. The van der Waals surface area contributed by atoms with Crippen molar-refractivity contribution in [3.05, 3.63) is 44.2 Å². The number of quaternary nitrogens is 1. The Morgan fingerprint density at radius 2 is 2.18 bits per heavy atom. The monoisotopic (exact) mass is 521 g/mol. The largest absolute Gasteiger partial charge is 0.477 e. The molecule has 1 fully saturated rings. The average molecular weight is 522 g/mol. The number of hydrogen-bond acceptors (Lipinski definition) is 10. The number of oxime groups is 1. The van der Waals surface area contributed by atoms with E-state index in [1.807, 2.05) is 0 Å². The lowest BCUT2D eigenvalue weighted by Crippen LogP contribution is -2.71. The number of aliphatic carboxylic acids is 1. The molecule has 0 bridgehead atoms. The van der Waals surface area contributed by atoms with Gasteiger partial charge in [0.1, 0.15) is 42.4 Å². The van der Waals surface area contributed by atoms with Crippen LogP contribution in [-0.4, -0.2) is 78.9 Å². The maximum absolute atomic E-state index is 13.0. The zero-order valence-electron chi connectivity index (χ0n) is 17.9. The number of β-lactam (4-membered cyclic amide) rings is 1. The minimum Gasteiger partial charge on any atom is -0.477 e. The molecule has 0 aliphatic carbocycles. The molecule has 3 atom stereocenters. The summed E-state index contributed by atoms with van der Waals surface area (Å²) >= 11 is 4.20. The molecule has 5 heterocycles. The highest BCUT2D eigenvalue weighted by Crippen LogP contribution is 2.42. The van der Waals surface area contributed by atoms with Crippen LogP contribution in [0.3, 0.4) is 0 Å². The Hall–Kier alpha value is -2.94. The molecule has 14 heteroatoms. The summed E-state index contributed by atoms with van der Waals surface area (Å²) in [4.78, 5) is 44.3. The van der Waals surface area contributed by atoms with Gasteiger partial charge in [0.25, 0.3) is 11.8 Å². The van der Waals surface area contributed by atoms with Crippen molar-refractivity contribution in [1.29, 1.82) is 0 Å². The Bertz CT molecular complexity index is 1250. The Morgan fingerprint density at radius 3 is 2.82 bits per heavy atom. The Labute approximate surface area is 206 Å². The topological polar surface area (TPSA) is 158 Å². The maximum Gasteiger partial charge on any atom is 0.352 e. The molecule has 0 radical (unpaired) electrons. The van der Waals surface area contributed by atoms with Gasteiger partial charge in [0, 0.05) is 22.3 Å². The van der Waals surface area contributed by atoms with Crippen LogP contribution < -0.4 is 11.1 Å². The van der Waals surface area contributed by atoms with Crippen LogP contribution in [0.4, 0.5) is 5.13 Å². The van der Waals surface area contributed by atoms with E-state index in [0.29, 0.717) is 22.4 Å². The van der Waals surface area contributed by atoms with E-state index in [1.165, 1.54) is 32.5 Å². The number of hydrogen-bond donors (Lipinski definition) is 4. The summed E-state index contributed by atoms with van der Waals surface area (Å²) in [6.07, 6.45) is 0. The van der Waals surface area contributed by atoms with E-state index < -0.39 is 29.2 Å². The molecule has 3 aliphatic rings. The number of nitrogens with two attached hydrogens (primary N) is 1. The van der Waals surface area contributed by atoms with Gasteiger partial charge in [-0.3, -0.25) is 14.5 Å². The Kier molecular flexibility index (Phi) is 5.62. The zero-order chi connectivity index (χ0) is 24.2. The molecule has 3 aliphatic heterocycles. The zero-order valence-corrected chi connectivity index (χ0v) is 20.4. The van der Waals surface area contributed by atoms with E-state index in [0.717, 1.165) is 24.4 Å². The lowest BCUT2D eigenvalue weighted by atomic mass is 10.0. The van der Waals surface area contributed by atoms with Gasteiger partial charge in [0.15, 0.2) is 10.8 Å². The first-order valence-corrected chi connectivity index (χ1v) is 13.0. The molecule has 0 aromatic carbocycles. The highest BCUT2D eigenvalue weighted by molar-refractivity contribution is 8.00. The van der Waals surface area contributed by atoms with Gasteiger partial charge in [-0.05, 0) is 11.4 Å². The standard InChI is InChI=1S/C20H20N6O5S3/c1-26(4-9-2-3-32-12(9)6-26)5-10-7-33-18-14(17(28)25(18)15(10)19(29)30)23-16(27)13(24-31)11-8-34-20(21)22-11/h2-3,8,14,18H,4-7H2,1H3,(H4-,21,22,23,27,29,30,31)/p+1/t14-,18+,26?/m1/s1. The lowest BCUT2D eigenvalue weighted by molar-refractivity contribution is -0.924. The molecular weight excluding hydrogens is 500 g/mol. The molecule has 5 rings (SSSR count). The first-order chi connectivity index (χ1) is 16.2. The fourth-order valence-corrected chi connectivity index (χ4v) is 7.61. The number of likely N-dealkylation sites (N-methyl/N-ethyl adjacent to an activating group) is 1. The van der Waals surface area contributed by atoms with Gasteiger partial charge < -0.3 is 25.8 Å². The van der Waals surface area contributed by atoms with Crippen molar-refractivity contribution in [3.63, 3.8) is 0 Å². The number of rotatable bonds is 6. The minimum atomic E-state index is -1.16. The fourth-order valence-electron chi connectivity index (χ4n) is 4.66. The van der Waals surface area contributed by atoms with Crippen molar-refractivity contribution < 1.29 is 29.2 Å². The fraction of sp³-hybridized carbons (Fsp3) is 0.350. The van der Waals surface area contributed by atoms with Gasteiger partial charge in [0.2, 0.25) is 0 Å². The molecule has 11 nitrogen and oxygen atoms in total. The van der Waals surface area contributed by atoms with Crippen LogP contribution >= 0.6 is 34.4 Å². The number of thioether (sulfide) groups is 1. The van der Waals surface area contributed by atoms with Gasteiger partial charge in [-0.15, -0.1) is 34.4 Å². The molecule has 0 saturated carbocycles. The van der Waals surface area contributed by atoms with Crippen molar-refractivity contribution in [2.24, 2.45) is 5.16 Å². The molecule has 1 unspecified atom stereocenters. The number of fused-ring (bicyclic) bond motifs is 2. The first-order valence-electron chi connectivity index (χ1n) is 10.2. The average Bonchev–Trinajstić information content (AvgIpc) is 3.47. The number of nitrogens with zero attached hydrogens (tertiary/aromatic N) is 4. The third-order valence-electron chi connectivity index (χ3n) is 6.10. The smallest absolute Gasteiger partial charge is 0.352 e. The van der Waals surface area contributed by atoms with Crippen LogP contribution in [0.2, 0.25) is 0 Å². The van der Waals surface area contributed by atoms with E-state index in [2.05, 4.69) is 34.0 Å². The van der Waals surface area contributed by atoms with E-state index in [-0.39, 0.29) is 22.2 Å². The summed E-state index contributed by atoms with van der Waals surface area (Å²) in [5.41, 5.74) is 7.29. The normalized spacial score (nSPS) is 26.2. The number of carbonyl (C=O) groups excluding carboxylic acids is 2. The number of aromatic nitrogens is 1. The highest BCUT2D eigenvalue weighted by Gasteiger charge is 2.55. The van der Waals surface area contributed by atoms with E-state index in [4.69, 9.17) is 5.73 Å². The Morgan fingerprint density at radius 1 is 1.38 bits per heavy atom. The molecule has 2 amide bonds. The summed E-state index contributed by atoms with van der Waals surface area (Å²) in [5, 5.41) is 28.0. The molecule has 178 valence electrons. The van der Waals surface area contributed by atoms with Gasteiger partial charge >= 0.3 is 5.97 Å². The summed E-state index contributed by atoms with van der Waals surface area (Å²) in [7, 11) is 2.10. The van der Waals surface area contributed by atoms with Crippen LogP contribution in [0.1, 0.15) is 16.1 Å². The van der Waals surface area contributed by atoms with E-state index in [1.54, 1.807) is 11.3 Å². The molecule has 2 aromatic rings. The van der Waals surface area contributed by atoms with Gasteiger partial charge in [-0.25, -0.2) is 9.78 Å². The number of thiazole rings is 1. The predicted octanol–water partition coefficient (Wildman–Crippen LogP) is 0.864. The van der Waals surface area contributed by atoms with Gasteiger partial charge in [-0.2, -0.15) is 0 Å². The van der Waals surface area contributed by atoms with Crippen LogP contribution in [0, 0.1) is 0 Å². The second kappa shape index (κ2) is 8.37. The highest BCUT2D eigenvalue weighted by atomic mass is 32.2. The summed E-state index contributed by atoms with van der Waals surface area (Å²) in [5.74, 6) is -2.03. The molecule has 0 spiro atoms. The minimum absolute atomic E-state index is 0.00261. The first kappa shape index (κ1) is 22.8. The molecular formula is C20H21N6O5S3+. The maximum atomic E-state index is 13.0. The quantitative estimate of drug-likeness (QED) is 0.143. The van der Waals surface area contributed by atoms with Crippen molar-refractivity contribution in [1.82, 2.24) is 15.2 Å². The Balaban J connectivity index is 1.33.